The lowest BCUT2D eigenvalue weighted by Crippen LogP contribution is -2.05. The average molecular weight is 144 g/mol. The van der Waals surface area contributed by atoms with Crippen molar-refractivity contribution in [2.75, 3.05) is 0 Å². The van der Waals surface area contributed by atoms with Crippen molar-refractivity contribution in [1.82, 2.24) is 0 Å². The Balaban J connectivity index is 2.57. The van der Waals surface area contributed by atoms with Gasteiger partial charge in [-0.2, -0.15) is 0 Å². The van der Waals surface area contributed by atoms with Crippen molar-refractivity contribution in [3.63, 3.8) is 0 Å². The molecule has 0 heterocycles. The molecule has 4 heteroatoms. The van der Waals surface area contributed by atoms with Gasteiger partial charge in [0.2, 0.25) is 0 Å². The molecule has 1 rings (SSSR count). The second kappa shape index (κ2) is 1.97. The van der Waals surface area contributed by atoms with Crippen molar-refractivity contribution in [2.45, 2.75) is 6.92 Å². The van der Waals surface area contributed by atoms with Crippen molar-refractivity contribution in [3.05, 3.63) is 0 Å². The van der Waals surface area contributed by atoms with Crippen molar-refractivity contribution >= 4 is 11.9 Å². The van der Waals surface area contributed by atoms with Gasteiger partial charge in [-0.1, -0.05) is 6.92 Å². The lowest BCUT2D eigenvalue weighted by atomic mass is 10.3. The minimum absolute atomic E-state index is 0.199. The molecule has 0 spiro atoms. The van der Waals surface area contributed by atoms with Gasteiger partial charge in [0.15, 0.2) is 0 Å². The van der Waals surface area contributed by atoms with E-state index >= 15 is 0 Å². The Bertz CT molecular complexity index is 166. The monoisotopic (exact) mass is 144 g/mol. The number of carboxylic acids is 2. The molecule has 56 valence electrons. The van der Waals surface area contributed by atoms with Crippen LogP contribution in [-0.4, -0.2) is 22.2 Å². The summed E-state index contributed by atoms with van der Waals surface area (Å²) in [6.07, 6.45) is 0. The van der Waals surface area contributed by atoms with E-state index in [0.29, 0.717) is 0 Å². The summed E-state index contributed by atoms with van der Waals surface area (Å²) in [6, 6.07) is 0. The van der Waals surface area contributed by atoms with E-state index in [1.54, 1.807) is 6.92 Å². The Morgan fingerprint density at radius 3 is 1.50 bits per heavy atom. The smallest absolute Gasteiger partial charge is 0.307 e. The molecule has 1 unspecified atom stereocenters. The molecule has 0 aliphatic heterocycles. The van der Waals surface area contributed by atoms with Crippen LogP contribution in [0.4, 0.5) is 0 Å². The summed E-state index contributed by atoms with van der Waals surface area (Å²) in [5.41, 5.74) is 0. The summed E-state index contributed by atoms with van der Waals surface area (Å²) >= 11 is 0. The number of hydrogen-bond acceptors (Lipinski definition) is 2. The fraction of sp³-hybridized carbons (Fsp3) is 0.667. The maximum absolute atomic E-state index is 10.2. The highest BCUT2D eigenvalue weighted by Crippen LogP contribution is 2.45. The fourth-order valence-electron chi connectivity index (χ4n) is 1.22. The van der Waals surface area contributed by atoms with Gasteiger partial charge >= 0.3 is 11.9 Å². The standard InChI is InChI=1S/C6H8O4/c1-2-3(5(7)8)4(2)6(9)10/h2-4H,1H3,(H,7,8)(H,9,10)/t2?,3-,4+. The zero-order valence-corrected chi connectivity index (χ0v) is 5.44. The molecule has 4 nitrogen and oxygen atoms in total. The number of carbonyl (C=O) groups is 2. The molecule has 0 bridgehead atoms. The van der Waals surface area contributed by atoms with Crippen molar-refractivity contribution < 1.29 is 19.8 Å². The summed E-state index contributed by atoms with van der Waals surface area (Å²) in [6.45, 7) is 1.64. The van der Waals surface area contributed by atoms with E-state index in [4.69, 9.17) is 10.2 Å². The first kappa shape index (κ1) is 7.05. The van der Waals surface area contributed by atoms with Crippen LogP contribution in [0.25, 0.3) is 0 Å². The van der Waals surface area contributed by atoms with E-state index in [9.17, 15) is 9.59 Å². The third kappa shape index (κ3) is 0.853. The quantitative estimate of drug-likeness (QED) is 0.573. The highest BCUT2D eigenvalue weighted by molar-refractivity contribution is 5.86. The van der Waals surface area contributed by atoms with Gasteiger partial charge in [-0.15, -0.1) is 0 Å². The van der Waals surface area contributed by atoms with Crippen LogP contribution in [0.1, 0.15) is 6.92 Å². The van der Waals surface area contributed by atoms with Crippen molar-refractivity contribution in [2.24, 2.45) is 17.8 Å². The number of aliphatic carboxylic acids is 2. The zero-order chi connectivity index (χ0) is 7.89. The van der Waals surface area contributed by atoms with Gasteiger partial charge in [-0.25, -0.2) is 0 Å². The Hall–Kier alpha value is -1.06. The lowest BCUT2D eigenvalue weighted by Gasteiger charge is -1.84. The van der Waals surface area contributed by atoms with Crippen LogP contribution in [0.2, 0.25) is 0 Å². The lowest BCUT2D eigenvalue weighted by molar-refractivity contribution is -0.144. The first-order valence-electron chi connectivity index (χ1n) is 3.01. The summed E-state index contributed by atoms with van der Waals surface area (Å²) in [5, 5.41) is 16.8. The van der Waals surface area contributed by atoms with Crippen LogP contribution in [0.5, 0.6) is 0 Å². The molecule has 1 aliphatic rings. The molecule has 1 saturated carbocycles. The third-order valence-corrected chi connectivity index (χ3v) is 1.95. The van der Waals surface area contributed by atoms with Gasteiger partial charge in [0.1, 0.15) is 0 Å². The molecule has 0 saturated heterocycles. The van der Waals surface area contributed by atoms with E-state index in [0.717, 1.165) is 0 Å². The Labute approximate surface area is 57.5 Å². The van der Waals surface area contributed by atoms with E-state index in [1.807, 2.05) is 0 Å². The van der Waals surface area contributed by atoms with Crippen LogP contribution in [0.15, 0.2) is 0 Å². The van der Waals surface area contributed by atoms with Crippen LogP contribution < -0.4 is 0 Å². The molecule has 0 aromatic carbocycles. The van der Waals surface area contributed by atoms with Crippen LogP contribution in [-0.2, 0) is 9.59 Å². The minimum atomic E-state index is -1.00. The van der Waals surface area contributed by atoms with E-state index in [1.165, 1.54) is 0 Å². The van der Waals surface area contributed by atoms with Crippen LogP contribution in [0.3, 0.4) is 0 Å². The Morgan fingerprint density at radius 1 is 1.10 bits per heavy atom. The minimum Gasteiger partial charge on any atom is -0.481 e. The van der Waals surface area contributed by atoms with Crippen LogP contribution in [0, 0.1) is 17.8 Å². The zero-order valence-electron chi connectivity index (χ0n) is 5.44. The van der Waals surface area contributed by atoms with Gasteiger partial charge < -0.3 is 10.2 Å². The molecular formula is C6H8O4. The summed E-state index contributed by atoms with van der Waals surface area (Å²) in [5.74, 6) is -3.51. The Morgan fingerprint density at radius 2 is 1.40 bits per heavy atom. The second-order valence-corrected chi connectivity index (χ2v) is 2.59. The Kier molecular flexibility index (Phi) is 1.39. The average Bonchev–Trinajstić information content (AvgIpc) is 2.40. The normalized spacial score (nSPS) is 37.1. The molecule has 1 aliphatic carbocycles. The summed E-state index contributed by atoms with van der Waals surface area (Å²) < 4.78 is 0. The topological polar surface area (TPSA) is 74.6 Å². The predicted octanol–water partition coefficient (Wildman–Crippen LogP) is 0.0377. The summed E-state index contributed by atoms with van der Waals surface area (Å²) in [4.78, 5) is 20.4. The van der Waals surface area contributed by atoms with E-state index in [2.05, 4.69) is 0 Å². The summed E-state index contributed by atoms with van der Waals surface area (Å²) in [7, 11) is 0. The molecule has 0 amide bonds. The second-order valence-electron chi connectivity index (χ2n) is 2.59. The fourth-order valence-corrected chi connectivity index (χ4v) is 1.22. The molecule has 10 heavy (non-hydrogen) atoms. The number of hydrogen-bond donors (Lipinski definition) is 2. The van der Waals surface area contributed by atoms with Gasteiger partial charge in [0.25, 0.3) is 0 Å². The number of rotatable bonds is 2. The maximum Gasteiger partial charge on any atom is 0.307 e. The highest BCUT2D eigenvalue weighted by atomic mass is 16.4. The predicted molar refractivity (Wildman–Crippen MR) is 31.4 cm³/mol. The molecular weight excluding hydrogens is 136 g/mol. The molecule has 0 radical (unpaired) electrons. The van der Waals surface area contributed by atoms with E-state index in [-0.39, 0.29) is 5.92 Å². The molecule has 0 aromatic rings. The maximum atomic E-state index is 10.2. The molecule has 3 atom stereocenters. The third-order valence-electron chi connectivity index (χ3n) is 1.95. The van der Waals surface area contributed by atoms with E-state index < -0.39 is 23.8 Å². The van der Waals surface area contributed by atoms with Gasteiger partial charge in [0, 0.05) is 0 Å². The number of carboxylic acid groups (broad SMARTS) is 2. The van der Waals surface area contributed by atoms with Crippen LogP contribution >= 0.6 is 0 Å². The molecule has 1 fully saturated rings. The SMILES string of the molecule is CC1[C@@H](C(=O)O)[C@H]1C(=O)O. The van der Waals surface area contributed by atoms with Gasteiger partial charge in [-0.05, 0) is 5.92 Å². The largest absolute Gasteiger partial charge is 0.481 e. The highest BCUT2D eigenvalue weighted by Gasteiger charge is 2.56. The molecule has 2 N–H and O–H groups in total. The first-order valence-corrected chi connectivity index (χ1v) is 3.01. The van der Waals surface area contributed by atoms with Gasteiger partial charge in [0.05, 0.1) is 11.8 Å². The first-order chi connectivity index (χ1) is 4.55. The van der Waals surface area contributed by atoms with Crippen molar-refractivity contribution in [3.8, 4) is 0 Å². The van der Waals surface area contributed by atoms with Gasteiger partial charge in [-0.3, -0.25) is 9.59 Å². The van der Waals surface area contributed by atoms with Crippen molar-refractivity contribution in [1.29, 1.82) is 0 Å². The molecule has 0 aromatic heterocycles.